The summed E-state index contributed by atoms with van der Waals surface area (Å²) in [5.41, 5.74) is 0.812. The van der Waals surface area contributed by atoms with E-state index in [0.29, 0.717) is 19.6 Å². The highest BCUT2D eigenvalue weighted by Gasteiger charge is 2.45. The minimum absolute atomic E-state index is 0.0261. The maximum atomic E-state index is 12.4. The highest BCUT2D eigenvalue weighted by molar-refractivity contribution is 5.91. The van der Waals surface area contributed by atoms with Crippen LogP contribution in [-0.2, 0) is 16.1 Å². The van der Waals surface area contributed by atoms with Crippen molar-refractivity contribution in [3.05, 3.63) is 48.1 Å². The van der Waals surface area contributed by atoms with Crippen LogP contribution < -0.4 is 0 Å². The van der Waals surface area contributed by atoms with Crippen molar-refractivity contribution in [2.24, 2.45) is 0 Å². The van der Waals surface area contributed by atoms with Crippen molar-refractivity contribution in [1.29, 1.82) is 0 Å². The SMILES string of the molecule is O=C(c1ccno1)N1C[C@@H]2OCC(=O)N(Cc3ccccn3)[C@@H]2C1. The molecule has 2 aromatic rings. The number of hydrogen-bond donors (Lipinski definition) is 0. The molecule has 2 saturated heterocycles. The summed E-state index contributed by atoms with van der Waals surface area (Å²) < 4.78 is 10.6. The van der Waals surface area contributed by atoms with Crippen LogP contribution in [0.3, 0.4) is 0 Å². The van der Waals surface area contributed by atoms with Crippen LogP contribution >= 0.6 is 0 Å². The van der Waals surface area contributed by atoms with Crippen LogP contribution in [0.5, 0.6) is 0 Å². The molecule has 124 valence electrons. The number of hydrogen-bond acceptors (Lipinski definition) is 6. The van der Waals surface area contributed by atoms with Crippen LogP contribution in [0, 0.1) is 0 Å². The average Bonchev–Trinajstić information content (AvgIpc) is 3.27. The Morgan fingerprint density at radius 3 is 2.92 bits per heavy atom. The van der Waals surface area contributed by atoms with E-state index in [-0.39, 0.29) is 36.3 Å². The summed E-state index contributed by atoms with van der Waals surface area (Å²) in [6, 6.07) is 6.95. The van der Waals surface area contributed by atoms with E-state index in [1.165, 1.54) is 12.3 Å². The number of rotatable bonds is 3. The highest BCUT2D eigenvalue weighted by atomic mass is 16.5. The molecule has 4 rings (SSSR count). The number of carbonyl (C=O) groups excluding carboxylic acids is 2. The lowest BCUT2D eigenvalue weighted by Crippen LogP contribution is -2.53. The predicted molar refractivity (Wildman–Crippen MR) is 80.7 cm³/mol. The third kappa shape index (κ3) is 2.65. The van der Waals surface area contributed by atoms with Crippen LogP contribution in [0.15, 0.2) is 41.2 Å². The number of nitrogens with zero attached hydrogens (tertiary/aromatic N) is 4. The Labute approximate surface area is 138 Å². The average molecular weight is 328 g/mol. The molecule has 2 atom stereocenters. The Hall–Kier alpha value is -2.74. The molecular weight excluding hydrogens is 312 g/mol. The fourth-order valence-corrected chi connectivity index (χ4v) is 3.19. The molecular formula is C16H16N4O4. The van der Waals surface area contributed by atoms with Gasteiger partial charge in [-0.1, -0.05) is 11.2 Å². The summed E-state index contributed by atoms with van der Waals surface area (Å²) in [6.07, 6.45) is 2.94. The maximum absolute atomic E-state index is 12.4. The van der Waals surface area contributed by atoms with Gasteiger partial charge in [0.15, 0.2) is 0 Å². The van der Waals surface area contributed by atoms with Gasteiger partial charge in [-0.3, -0.25) is 14.6 Å². The summed E-state index contributed by atoms with van der Waals surface area (Å²) in [4.78, 5) is 32.4. The van der Waals surface area contributed by atoms with Crippen molar-refractivity contribution in [2.45, 2.75) is 18.7 Å². The third-order valence-corrected chi connectivity index (χ3v) is 4.37. The van der Waals surface area contributed by atoms with Gasteiger partial charge in [0.2, 0.25) is 11.7 Å². The molecule has 0 radical (unpaired) electrons. The first kappa shape index (κ1) is 14.8. The molecule has 8 heteroatoms. The first-order valence-electron chi connectivity index (χ1n) is 7.73. The van der Waals surface area contributed by atoms with E-state index in [0.717, 1.165) is 5.69 Å². The topological polar surface area (TPSA) is 88.8 Å². The van der Waals surface area contributed by atoms with E-state index in [2.05, 4.69) is 10.1 Å². The van der Waals surface area contributed by atoms with Crippen LogP contribution in [0.4, 0.5) is 0 Å². The first-order valence-corrected chi connectivity index (χ1v) is 7.73. The van der Waals surface area contributed by atoms with Gasteiger partial charge in [0.05, 0.1) is 30.6 Å². The Bertz CT molecular complexity index is 734. The maximum Gasteiger partial charge on any atom is 0.292 e. The minimum Gasteiger partial charge on any atom is -0.364 e. The molecule has 0 saturated carbocycles. The summed E-state index contributed by atoms with van der Waals surface area (Å²) in [5.74, 6) is -0.136. The van der Waals surface area contributed by atoms with Gasteiger partial charge < -0.3 is 19.1 Å². The van der Waals surface area contributed by atoms with E-state index in [4.69, 9.17) is 9.26 Å². The van der Waals surface area contributed by atoms with Gasteiger partial charge in [0, 0.05) is 25.4 Å². The zero-order valence-electron chi connectivity index (χ0n) is 12.9. The number of ether oxygens (including phenoxy) is 1. The molecule has 0 unspecified atom stereocenters. The molecule has 0 N–H and O–H groups in total. The van der Waals surface area contributed by atoms with Crippen LogP contribution in [0.1, 0.15) is 16.2 Å². The number of aromatic nitrogens is 2. The monoisotopic (exact) mass is 328 g/mol. The summed E-state index contributed by atoms with van der Waals surface area (Å²) >= 11 is 0. The van der Waals surface area contributed by atoms with Crippen LogP contribution in [0.2, 0.25) is 0 Å². The molecule has 24 heavy (non-hydrogen) atoms. The number of carbonyl (C=O) groups is 2. The zero-order chi connectivity index (χ0) is 16.5. The second-order valence-electron chi connectivity index (χ2n) is 5.85. The van der Waals surface area contributed by atoms with E-state index in [9.17, 15) is 9.59 Å². The molecule has 2 aromatic heterocycles. The van der Waals surface area contributed by atoms with Gasteiger partial charge in [0.1, 0.15) is 6.61 Å². The molecule has 0 aliphatic carbocycles. The summed E-state index contributed by atoms with van der Waals surface area (Å²) in [5, 5.41) is 3.56. The summed E-state index contributed by atoms with van der Waals surface area (Å²) in [7, 11) is 0. The smallest absolute Gasteiger partial charge is 0.292 e. The van der Waals surface area contributed by atoms with Crippen LogP contribution in [0.25, 0.3) is 0 Å². The van der Waals surface area contributed by atoms with E-state index < -0.39 is 0 Å². The summed E-state index contributed by atoms with van der Waals surface area (Å²) in [6.45, 7) is 1.27. The molecule has 0 spiro atoms. The fourth-order valence-electron chi connectivity index (χ4n) is 3.19. The Kier molecular flexibility index (Phi) is 3.73. The van der Waals surface area contributed by atoms with E-state index >= 15 is 0 Å². The third-order valence-electron chi connectivity index (χ3n) is 4.37. The second kappa shape index (κ2) is 6.04. The van der Waals surface area contributed by atoms with Gasteiger partial charge in [-0.05, 0) is 12.1 Å². The quantitative estimate of drug-likeness (QED) is 0.806. The van der Waals surface area contributed by atoms with E-state index in [1.54, 1.807) is 16.0 Å². The van der Waals surface area contributed by atoms with Crippen molar-refractivity contribution in [3.63, 3.8) is 0 Å². The van der Waals surface area contributed by atoms with Gasteiger partial charge in [-0.15, -0.1) is 0 Å². The number of fused-ring (bicyclic) bond motifs is 1. The largest absolute Gasteiger partial charge is 0.364 e. The standard InChI is InChI=1S/C16H16N4O4/c21-15-10-23-14-9-19(16(22)13-4-6-18-24-13)8-12(14)20(15)7-11-3-1-2-5-17-11/h1-6,12,14H,7-10H2/t12-,14+/m1/s1. The predicted octanol–water partition coefficient (Wildman–Crippen LogP) is 0.322. The highest BCUT2D eigenvalue weighted by Crippen LogP contribution is 2.26. The molecule has 2 amide bonds. The van der Waals surface area contributed by atoms with Crippen molar-refractivity contribution in [2.75, 3.05) is 19.7 Å². The van der Waals surface area contributed by atoms with Gasteiger partial charge >= 0.3 is 0 Å². The molecule has 4 heterocycles. The van der Waals surface area contributed by atoms with Crippen LogP contribution in [-0.4, -0.2) is 63.6 Å². The molecule has 2 aliphatic rings. The Morgan fingerprint density at radius 2 is 2.17 bits per heavy atom. The number of morpholine rings is 1. The van der Waals surface area contributed by atoms with Gasteiger partial charge in [-0.2, -0.15) is 0 Å². The Morgan fingerprint density at radius 1 is 1.25 bits per heavy atom. The van der Waals surface area contributed by atoms with Gasteiger partial charge in [0.25, 0.3) is 5.91 Å². The van der Waals surface area contributed by atoms with Crippen molar-refractivity contribution < 1.29 is 18.8 Å². The van der Waals surface area contributed by atoms with Crippen molar-refractivity contribution >= 4 is 11.8 Å². The lowest BCUT2D eigenvalue weighted by Gasteiger charge is -2.36. The molecule has 8 nitrogen and oxygen atoms in total. The molecule has 2 aliphatic heterocycles. The fraction of sp³-hybridized carbons (Fsp3) is 0.375. The normalized spacial score (nSPS) is 23.4. The molecule has 2 fully saturated rings. The molecule has 0 aromatic carbocycles. The number of amides is 2. The first-order chi connectivity index (χ1) is 11.7. The minimum atomic E-state index is -0.240. The second-order valence-corrected chi connectivity index (χ2v) is 5.85. The van der Waals surface area contributed by atoms with Gasteiger partial charge in [-0.25, -0.2) is 0 Å². The van der Waals surface area contributed by atoms with Crippen molar-refractivity contribution in [1.82, 2.24) is 19.9 Å². The lowest BCUT2D eigenvalue weighted by molar-refractivity contribution is -0.154. The lowest BCUT2D eigenvalue weighted by atomic mass is 10.1. The Balaban J connectivity index is 1.52. The number of pyridine rings is 1. The molecule has 0 bridgehead atoms. The van der Waals surface area contributed by atoms with Crippen molar-refractivity contribution in [3.8, 4) is 0 Å². The number of likely N-dealkylation sites (tertiary alicyclic amines) is 1. The van der Waals surface area contributed by atoms with E-state index in [1.807, 2.05) is 18.2 Å². The zero-order valence-corrected chi connectivity index (χ0v) is 12.9.